The van der Waals surface area contributed by atoms with Gasteiger partial charge >= 0.3 is 5.97 Å². The van der Waals surface area contributed by atoms with E-state index in [0.717, 1.165) is 11.3 Å². The molecule has 0 radical (unpaired) electrons. The van der Waals surface area contributed by atoms with Crippen LogP contribution in [0.3, 0.4) is 0 Å². The zero-order valence-electron chi connectivity index (χ0n) is 20.9. The SMILES string of the molecule is CCOC(=O)C1=C(C)N=c2s/c(=C3\C(=O)N(CC(N)=O)c4ccccc43)c(=O)n2C1c1ccc(OC)cc1. The van der Waals surface area contributed by atoms with Gasteiger partial charge in [0, 0.05) is 5.56 Å². The number of carbonyl (C=O) groups excluding carboxylic acids is 3. The van der Waals surface area contributed by atoms with Crippen molar-refractivity contribution in [3.8, 4) is 5.75 Å². The van der Waals surface area contributed by atoms with Crippen molar-refractivity contribution in [3.63, 3.8) is 0 Å². The molecule has 10 nitrogen and oxygen atoms in total. The van der Waals surface area contributed by atoms with E-state index in [1.165, 1.54) is 9.47 Å². The van der Waals surface area contributed by atoms with Crippen molar-refractivity contribution < 1.29 is 23.9 Å². The number of carbonyl (C=O) groups is 3. The molecule has 1 atom stereocenters. The van der Waals surface area contributed by atoms with Crippen molar-refractivity contribution in [1.29, 1.82) is 0 Å². The molecular formula is C27H24N4O6S. The van der Waals surface area contributed by atoms with Crippen LogP contribution in [0.15, 0.2) is 69.6 Å². The maximum atomic E-state index is 14.1. The second-order valence-electron chi connectivity index (χ2n) is 8.65. The van der Waals surface area contributed by atoms with Gasteiger partial charge in [-0.3, -0.25) is 23.9 Å². The third kappa shape index (κ3) is 4.01. The Labute approximate surface area is 220 Å². The van der Waals surface area contributed by atoms with E-state index in [1.807, 2.05) is 0 Å². The minimum Gasteiger partial charge on any atom is -0.497 e. The summed E-state index contributed by atoms with van der Waals surface area (Å²) in [7, 11) is 1.55. The smallest absolute Gasteiger partial charge is 0.338 e. The summed E-state index contributed by atoms with van der Waals surface area (Å²) in [6.45, 7) is 3.22. The minimum atomic E-state index is -0.834. The number of nitrogens with zero attached hydrogens (tertiary/aromatic N) is 3. The molecule has 1 aromatic heterocycles. The number of nitrogens with two attached hydrogens (primary N) is 1. The van der Waals surface area contributed by atoms with E-state index >= 15 is 0 Å². The van der Waals surface area contributed by atoms with Gasteiger partial charge in [-0.15, -0.1) is 0 Å². The molecule has 2 aliphatic heterocycles. The summed E-state index contributed by atoms with van der Waals surface area (Å²) in [5.74, 6) is -1.14. The first kappa shape index (κ1) is 25.2. The van der Waals surface area contributed by atoms with E-state index < -0.39 is 29.4 Å². The molecule has 38 heavy (non-hydrogen) atoms. The molecule has 2 aliphatic rings. The molecule has 11 heteroatoms. The van der Waals surface area contributed by atoms with Gasteiger partial charge in [0.2, 0.25) is 5.91 Å². The average molecular weight is 533 g/mol. The van der Waals surface area contributed by atoms with Gasteiger partial charge in [-0.25, -0.2) is 9.79 Å². The number of anilines is 1. The van der Waals surface area contributed by atoms with Crippen molar-refractivity contribution >= 4 is 40.4 Å². The average Bonchev–Trinajstić information content (AvgIpc) is 3.35. The molecule has 0 spiro atoms. The topological polar surface area (TPSA) is 133 Å². The number of esters is 1. The first-order chi connectivity index (χ1) is 18.3. The first-order valence-electron chi connectivity index (χ1n) is 11.8. The number of benzene rings is 2. The van der Waals surface area contributed by atoms with E-state index in [2.05, 4.69) is 4.99 Å². The summed E-state index contributed by atoms with van der Waals surface area (Å²) in [5, 5.41) is 0. The quantitative estimate of drug-likeness (QED) is 0.471. The predicted octanol–water partition coefficient (Wildman–Crippen LogP) is 1.01. The van der Waals surface area contributed by atoms with Gasteiger partial charge < -0.3 is 15.2 Å². The largest absolute Gasteiger partial charge is 0.497 e. The highest BCUT2D eigenvalue weighted by atomic mass is 32.1. The number of ether oxygens (including phenoxy) is 2. The molecule has 2 amide bonds. The Morgan fingerprint density at radius 3 is 2.47 bits per heavy atom. The first-order valence-corrected chi connectivity index (χ1v) is 12.6. The van der Waals surface area contributed by atoms with Crippen molar-refractivity contribution in [2.24, 2.45) is 10.7 Å². The zero-order chi connectivity index (χ0) is 27.1. The van der Waals surface area contributed by atoms with Gasteiger partial charge in [0.15, 0.2) is 4.80 Å². The van der Waals surface area contributed by atoms with Crippen molar-refractivity contribution in [2.45, 2.75) is 19.9 Å². The van der Waals surface area contributed by atoms with Gasteiger partial charge in [-0.2, -0.15) is 0 Å². The van der Waals surface area contributed by atoms with Crippen LogP contribution in [0.4, 0.5) is 5.69 Å². The second-order valence-corrected chi connectivity index (χ2v) is 9.62. The van der Waals surface area contributed by atoms with E-state index in [4.69, 9.17) is 15.2 Å². The number of rotatable bonds is 6. The Kier molecular flexibility index (Phi) is 6.45. The Hall–Kier alpha value is -4.51. The highest BCUT2D eigenvalue weighted by Gasteiger charge is 2.37. The molecule has 2 N–H and O–H groups in total. The van der Waals surface area contributed by atoms with Gasteiger partial charge in [0.1, 0.15) is 16.8 Å². The fourth-order valence-electron chi connectivity index (χ4n) is 4.76. The van der Waals surface area contributed by atoms with Crippen molar-refractivity contribution in [1.82, 2.24) is 4.57 Å². The molecule has 2 aromatic carbocycles. The number of fused-ring (bicyclic) bond motifs is 2. The Bertz CT molecular complexity index is 1700. The summed E-state index contributed by atoms with van der Waals surface area (Å²) in [4.78, 5) is 58.5. The maximum Gasteiger partial charge on any atom is 0.338 e. The number of amides is 2. The lowest BCUT2D eigenvalue weighted by Gasteiger charge is -2.24. The fourth-order valence-corrected chi connectivity index (χ4v) is 5.89. The van der Waals surface area contributed by atoms with Crippen LogP contribution < -0.4 is 30.3 Å². The number of hydrogen-bond donors (Lipinski definition) is 1. The molecule has 5 rings (SSSR count). The van der Waals surface area contributed by atoms with E-state index in [-0.39, 0.29) is 28.8 Å². The lowest BCUT2D eigenvalue weighted by molar-refractivity contribution is -0.139. The number of hydrogen-bond acceptors (Lipinski definition) is 8. The van der Waals surface area contributed by atoms with E-state index in [0.29, 0.717) is 33.1 Å². The van der Waals surface area contributed by atoms with Crippen LogP contribution >= 0.6 is 11.3 Å². The molecule has 3 aromatic rings. The standard InChI is InChI=1S/C27H24N4O6S/c1-4-37-26(35)20-14(2)29-27-31(22(20)15-9-11-16(36-3)12-10-15)25(34)23(38-27)21-17-7-5-6-8-18(17)30(24(21)33)13-19(28)32/h5-12,22H,4,13H2,1-3H3,(H2,28,32)/b23-21-. The van der Waals surface area contributed by atoms with Crippen LogP contribution in [-0.2, 0) is 19.1 Å². The van der Waals surface area contributed by atoms with Gasteiger partial charge in [-0.1, -0.05) is 41.7 Å². The summed E-state index contributed by atoms with van der Waals surface area (Å²) in [6.07, 6.45) is 0. The lowest BCUT2D eigenvalue weighted by Crippen LogP contribution is -2.41. The number of primary amides is 1. The van der Waals surface area contributed by atoms with Crippen LogP contribution in [0.2, 0.25) is 0 Å². The summed E-state index contributed by atoms with van der Waals surface area (Å²) in [6, 6.07) is 13.1. The molecule has 0 saturated heterocycles. The van der Waals surface area contributed by atoms with Crippen LogP contribution in [0.1, 0.15) is 31.0 Å². The third-order valence-electron chi connectivity index (χ3n) is 6.39. The maximum absolute atomic E-state index is 14.1. The summed E-state index contributed by atoms with van der Waals surface area (Å²) in [5.41, 5.74) is 7.38. The molecule has 0 aliphatic carbocycles. The number of para-hydroxylation sites is 1. The third-order valence-corrected chi connectivity index (χ3v) is 7.44. The summed E-state index contributed by atoms with van der Waals surface area (Å²) < 4.78 is 12.2. The number of aromatic nitrogens is 1. The molecule has 194 valence electrons. The molecule has 0 saturated carbocycles. The second kappa shape index (κ2) is 9.75. The van der Waals surface area contributed by atoms with Gasteiger partial charge in [-0.05, 0) is 37.6 Å². The van der Waals surface area contributed by atoms with Crippen LogP contribution in [0, 0.1) is 0 Å². The Morgan fingerprint density at radius 2 is 1.82 bits per heavy atom. The predicted molar refractivity (Wildman–Crippen MR) is 140 cm³/mol. The molecular weight excluding hydrogens is 508 g/mol. The zero-order valence-corrected chi connectivity index (χ0v) is 21.7. The Balaban J connectivity index is 1.79. The fraction of sp³-hybridized carbons (Fsp3) is 0.222. The molecule has 0 fully saturated rings. The highest BCUT2D eigenvalue weighted by Crippen LogP contribution is 2.35. The monoisotopic (exact) mass is 532 g/mol. The van der Waals surface area contributed by atoms with Gasteiger partial charge in [0.05, 0.1) is 42.3 Å². The molecule has 3 heterocycles. The van der Waals surface area contributed by atoms with Gasteiger partial charge in [0.25, 0.3) is 11.5 Å². The molecule has 0 bridgehead atoms. The molecule has 1 unspecified atom stereocenters. The van der Waals surface area contributed by atoms with Crippen LogP contribution in [-0.4, -0.2) is 42.6 Å². The highest BCUT2D eigenvalue weighted by molar-refractivity contribution is 7.07. The van der Waals surface area contributed by atoms with Crippen molar-refractivity contribution in [3.05, 3.63) is 90.6 Å². The number of thiazole rings is 1. The number of methoxy groups -OCH3 is 1. The van der Waals surface area contributed by atoms with Crippen molar-refractivity contribution in [2.75, 3.05) is 25.2 Å². The van der Waals surface area contributed by atoms with E-state index in [1.54, 1.807) is 69.5 Å². The number of allylic oxidation sites excluding steroid dienone is 1. The van der Waals surface area contributed by atoms with E-state index in [9.17, 15) is 19.2 Å². The normalized spacial score (nSPS) is 17.6. The Morgan fingerprint density at radius 1 is 1.11 bits per heavy atom. The van der Waals surface area contributed by atoms with Crippen LogP contribution in [0.25, 0.3) is 5.57 Å². The lowest BCUT2D eigenvalue weighted by atomic mass is 9.96. The minimum absolute atomic E-state index is 0.153. The van der Waals surface area contributed by atoms with Crippen LogP contribution in [0.5, 0.6) is 5.75 Å². The summed E-state index contributed by atoms with van der Waals surface area (Å²) >= 11 is 1.06.